The first-order valence-corrected chi connectivity index (χ1v) is 6.85. The van der Waals surface area contributed by atoms with Crippen molar-refractivity contribution in [1.29, 1.82) is 0 Å². The Morgan fingerprint density at radius 1 is 1.14 bits per heavy atom. The second kappa shape index (κ2) is 4.55. The van der Waals surface area contributed by atoms with Crippen LogP contribution in [0.4, 0.5) is 10.1 Å². The smallest absolute Gasteiger partial charge is 0.231 e. The van der Waals surface area contributed by atoms with Crippen molar-refractivity contribution >= 4 is 5.69 Å². The maximum Gasteiger partial charge on any atom is 0.231 e. The molecular weight excluding hydrogens is 273 g/mol. The molecule has 1 N–H and O–H groups in total. The Bertz CT molecular complexity index is 717. The van der Waals surface area contributed by atoms with Crippen LogP contribution in [-0.4, -0.2) is 18.4 Å². The quantitative estimate of drug-likeness (QED) is 0.922. The molecule has 4 rings (SSSR count). The van der Waals surface area contributed by atoms with Crippen LogP contribution in [-0.2, 0) is 13.0 Å². The summed E-state index contributed by atoms with van der Waals surface area (Å²) in [6, 6.07) is 8.21. The van der Waals surface area contributed by atoms with Gasteiger partial charge in [-0.1, -0.05) is 6.07 Å². The minimum atomic E-state index is -0.240. The molecule has 2 aromatic rings. The minimum absolute atomic E-state index is 0.170. The van der Waals surface area contributed by atoms with Gasteiger partial charge in [0, 0.05) is 30.4 Å². The molecule has 0 unspecified atom stereocenters. The van der Waals surface area contributed by atoms with Gasteiger partial charge in [0.2, 0.25) is 6.79 Å². The van der Waals surface area contributed by atoms with Crippen LogP contribution in [0, 0.1) is 5.82 Å². The number of fused-ring (bicyclic) bond motifs is 2. The lowest BCUT2D eigenvalue weighted by Crippen LogP contribution is -2.19. The van der Waals surface area contributed by atoms with Crippen LogP contribution in [0.15, 0.2) is 30.3 Å². The standard InChI is InChI=1S/C16H14FNO3/c17-12-2-1-10-3-4-18(13(10)6-12)8-11-5-15-16(7-14(11)19)21-9-20-15/h1-2,5-7,19H,3-4,8-9H2. The molecule has 5 heteroatoms. The second-order valence-electron chi connectivity index (χ2n) is 5.28. The molecule has 2 aliphatic rings. The lowest BCUT2D eigenvalue weighted by molar-refractivity contribution is 0.174. The first-order valence-electron chi connectivity index (χ1n) is 6.85. The van der Waals surface area contributed by atoms with Crippen molar-refractivity contribution in [1.82, 2.24) is 0 Å². The monoisotopic (exact) mass is 287 g/mol. The molecule has 0 bridgehead atoms. The highest BCUT2D eigenvalue weighted by Gasteiger charge is 2.23. The van der Waals surface area contributed by atoms with E-state index in [4.69, 9.17) is 9.47 Å². The molecule has 0 aliphatic carbocycles. The molecule has 2 heterocycles. The minimum Gasteiger partial charge on any atom is -0.507 e. The summed E-state index contributed by atoms with van der Waals surface area (Å²) in [6.07, 6.45) is 0.890. The van der Waals surface area contributed by atoms with Crippen LogP contribution in [0.3, 0.4) is 0 Å². The van der Waals surface area contributed by atoms with Crippen molar-refractivity contribution < 1.29 is 19.0 Å². The molecule has 108 valence electrons. The molecule has 0 saturated heterocycles. The predicted molar refractivity (Wildman–Crippen MR) is 75.4 cm³/mol. The van der Waals surface area contributed by atoms with Crippen LogP contribution in [0.2, 0.25) is 0 Å². The van der Waals surface area contributed by atoms with Gasteiger partial charge in [0.1, 0.15) is 11.6 Å². The fourth-order valence-corrected chi connectivity index (χ4v) is 2.89. The van der Waals surface area contributed by atoms with E-state index in [0.29, 0.717) is 18.0 Å². The van der Waals surface area contributed by atoms with E-state index in [2.05, 4.69) is 4.90 Å². The largest absolute Gasteiger partial charge is 0.507 e. The molecule has 2 aromatic carbocycles. The molecule has 21 heavy (non-hydrogen) atoms. The van der Waals surface area contributed by atoms with E-state index in [-0.39, 0.29) is 18.4 Å². The third kappa shape index (κ3) is 2.05. The van der Waals surface area contributed by atoms with Gasteiger partial charge in [-0.3, -0.25) is 0 Å². The van der Waals surface area contributed by atoms with Crippen molar-refractivity contribution in [2.24, 2.45) is 0 Å². The Hall–Kier alpha value is -2.43. The lowest BCUT2D eigenvalue weighted by atomic mass is 10.1. The number of phenols is 1. The third-order valence-electron chi connectivity index (χ3n) is 3.97. The number of hydrogen-bond acceptors (Lipinski definition) is 4. The maximum atomic E-state index is 13.4. The average molecular weight is 287 g/mol. The number of phenolic OH excluding ortho intramolecular Hbond substituents is 1. The normalized spacial score (nSPS) is 15.4. The highest BCUT2D eigenvalue weighted by Crippen LogP contribution is 2.39. The number of aromatic hydroxyl groups is 1. The van der Waals surface area contributed by atoms with E-state index in [0.717, 1.165) is 29.8 Å². The fourth-order valence-electron chi connectivity index (χ4n) is 2.89. The van der Waals surface area contributed by atoms with Gasteiger partial charge in [0.15, 0.2) is 11.5 Å². The summed E-state index contributed by atoms with van der Waals surface area (Å²) >= 11 is 0. The Labute approximate surface area is 121 Å². The number of benzene rings is 2. The molecule has 0 atom stereocenters. The molecule has 4 nitrogen and oxygen atoms in total. The Balaban J connectivity index is 1.65. The van der Waals surface area contributed by atoms with Crippen LogP contribution in [0.5, 0.6) is 17.2 Å². The number of nitrogens with zero attached hydrogens (tertiary/aromatic N) is 1. The second-order valence-corrected chi connectivity index (χ2v) is 5.28. The van der Waals surface area contributed by atoms with Gasteiger partial charge in [0.25, 0.3) is 0 Å². The van der Waals surface area contributed by atoms with Crippen LogP contribution in [0.1, 0.15) is 11.1 Å². The average Bonchev–Trinajstić information content (AvgIpc) is 3.06. The van der Waals surface area contributed by atoms with E-state index in [1.807, 2.05) is 6.07 Å². The van der Waals surface area contributed by atoms with Crippen molar-refractivity contribution in [2.75, 3.05) is 18.2 Å². The summed E-state index contributed by atoms with van der Waals surface area (Å²) in [6.45, 7) is 1.50. The van der Waals surface area contributed by atoms with Gasteiger partial charge in [-0.05, 0) is 30.2 Å². The summed E-state index contributed by atoms with van der Waals surface area (Å²) in [5, 5.41) is 10.1. The van der Waals surface area contributed by atoms with Gasteiger partial charge < -0.3 is 19.5 Å². The van der Waals surface area contributed by atoms with Crippen LogP contribution in [0.25, 0.3) is 0 Å². The van der Waals surface area contributed by atoms with Gasteiger partial charge in [-0.15, -0.1) is 0 Å². The molecule has 0 spiro atoms. The Morgan fingerprint density at radius 2 is 1.95 bits per heavy atom. The Kier molecular flexibility index (Phi) is 2.67. The van der Waals surface area contributed by atoms with Gasteiger partial charge in [-0.2, -0.15) is 0 Å². The van der Waals surface area contributed by atoms with Crippen molar-refractivity contribution in [3.63, 3.8) is 0 Å². The molecule has 0 radical (unpaired) electrons. The molecule has 2 aliphatic heterocycles. The van der Waals surface area contributed by atoms with E-state index in [1.165, 1.54) is 6.07 Å². The maximum absolute atomic E-state index is 13.4. The van der Waals surface area contributed by atoms with Gasteiger partial charge in [0.05, 0.1) is 0 Å². The number of halogens is 1. The molecular formula is C16H14FNO3. The van der Waals surface area contributed by atoms with E-state index in [9.17, 15) is 9.50 Å². The van der Waals surface area contributed by atoms with Crippen molar-refractivity contribution in [2.45, 2.75) is 13.0 Å². The van der Waals surface area contributed by atoms with Crippen LogP contribution < -0.4 is 14.4 Å². The number of rotatable bonds is 2. The molecule has 0 fully saturated rings. The summed E-state index contributed by atoms with van der Waals surface area (Å²) < 4.78 is 24.0. The predicted octanol–water partition coefficient (Wildman–Crippen LogP) is 2.82. The Morgan fingerprint density at radius 3 is 2.81 bits per heavy atom. The topological polar surface area (TPSA) is 41.9 Å². The first kappa shape index (κ1) is 12.3. The highest BCUT2D eigenvalue weighted by atomic mass is 19.1. The lowest BCUT2D eigenvalue weighted by Gasteiger charge is -2.20. The van der Waals surface area contributed by atoms with Crippen molar-refractivity contribution in [3.8, 4) is 17.2 Å². The van der Waals surface area contributed by atoms with E-state index < -0.39 is 0 Å². The SMILES string of the molecule is Oc1cc2c(cc1CN1CCc3ccc(F)cc31)OCO2. The third-order valence-corrected chi connectivity index (χ3v) is 3.97. The molecule has 0 amide bonds. The van der Waals surface area contributed by atoms with Gasteiger partial charge in [-0.25, -0.2) is 4.39 Å². The zero-order chi connectivity index (χ0) is 14.4. The summed E-state index contributed by atoms with van der Waals surface area (Å²) in [4.78, 5) is 2.07. The molecule has 0 aromatic heterocycles. The highest BCUT2D eigenvalue weighted by molar-refractivity contribution is 5.60. The molecule has 0 saturated carbocycles. The zero-order valence-corrected chi connectivity index (χ0v) is 11.3. The number of ether oxygens (including phenoxy) is 2. The fraction of sp³-hybridized carbons (Fsp3) is 0.250. The first-order chi connectivity index (χ1) is 10.2. The zero-order valence-electron chi connectivity index (χ0n) is 11.3. The number of anilines is 1. The van der Waals surface area contributed by atoms with E-state index in [1.54, 1.807) is 18.2 Å². The van der Waals surface area contributed by atoms with E-state index >= 15 is 0 Å². The van der Waals surface area contributed by atoms with Crippen LogP contribution >= 0.6 is 0 Å². The van der Waals surface area contributed by atoms with Crippen molar-refractivity contribution in [3.05, 3.63) is 47.3 Å². The number of hydrogen-bond donors (Lipinski definition) is 1. The summed E-state index contributed by atoms with van der Waals surface area (Å²) in [5.74, 6) is 1.13. The summed E-state index contributed by atoms with van der Waals surface area (Å²) in [5.41, 5.74) is 2.78. The summed E-state index contributed by atoms with van der Waals surface area (Å²) in [7, 11) is 0. The van der Waals surface area contributed by atoms with Gasteiger partial charge >= 0.3 is 0 Å².